The quantitative estimate of drug-likeness (QED) is 0.00960. The molecule has 1 N–H and O–H groups in total. The number of benzene rings is 7. The van der Waals surface area contributed by atoms with Crippen LogP contribution in [0.1, 0.15) is 143 Å². The summed E-state index contributed by atoms with van der Waals surface area (Å²) >= 11 is 5.93. The van der Waals surface area contributed by atoms with E-state index in [1.54, 1.807) is 7.11 Å². The number of hydrogen-bond acceptors (Lipinski definition) is 14. The number of halogens is 3. The summed E-state index contributed by atoms with van der Waals surface area (Å²) in [6.45, 7) is 10.2. The lowest BCUT2D eigenvalue weighted by Crippen LogP contribution is -2.45. The number of alkyl halides is 3. The van der Waals surface area contributed by atoms with Gasteiger partial charge in [0.15, 0.2) is 0 Å². The molecule has 1 aliphatic heterocycles. The van der Waals surface area contributed by atoms with Crippen molar-refractivity contribution in [1.29, 1.82) is 0 Å². The zero-order chi connectivity index (χ0) is 73.9. The number of esters is 3. The molecule has 1 heterocycles. The van der Waals surface area contributed by atoms with Gasteiger partial charge in [0.2, 0.25) is 0 Å². The Labute approximate surface area is 622 Å². The molecule has 0 aromatic heterocycles. The van der Waals surface area contributed by atoms with Gasteiger partial charge >= 0.3 is 24.1 Å². The minimum Gasteiger partial charge on any atom is -0.497 e. The predicted octanol–water partition coefficient (Wildman–Crippen LogP) is 19.0. The van der Waals surface area contributed by atoms with Crippen molar-refractivity contribution in [3.63, 3.8) is 0 Å². The molecule has 1 saturated carbocycles. The third kappa shape index (κ3) is 27.2. The first-order valence-electron chi connectivity index (χ1n) is 37.2. The first kappa shape index (κ1) is 80.3. The van der Waals surface area contributed by atoms with Crippen LogP contribution in [-0.2, 0) is 49.2 Å². The van der Waals surface area contributed by atoms with Crippen LogP contribution in [0.15, 0.2) is 188 Å². The van der Waals surface area contributed by atoms with E-state index in [0.717, 1.165) is 151 Å². The van der Waals surface area contributed by atoms with Crippen LogP contribution in [0, 0.1) is 17.3 Å². The Morgan fingerprint density at radius 1 is 0.562 bits per heavy atom. The third-order valence-corrected chi connectivity index (χ3v) is 19.8. The van der Waals surface area contributed by atoms with Crippen LogP contribution < -0.4 is 24.3 Å². The highest BCUT2D eigenvalue weighted by atomic mass is 32.1. The molecule has 9 rings (SSSR count). The van der Waals surface area contributed by atoms with Crippen molar-refractivity contribution in [3.05, 3.63) is 216 Å². The topological polar surface area (TPSA) is 156 Å². The Kier molecular flexibility index (Phi) is 32.9. The lowest BCUT2D eigenvalue weighted by molar-refractivity contribution is -0.155. The fourth-order valence-electron chi connectivity index (χ4n) is 12.8. The van der Waals surface area contributed by atoms with Gasteiger partial charge in [-0.05, 0) is 201 Å². The average Bonchev–Trinajstić information content (AvgIpc) is 0.817. The zero-order valence-electron chi connectivity index (χ0n) is 60.8. The van der Waals surface area contributed by atoms with Crippen molar-refractivity contribution in [2.24, 2.45) is 17.3 Å². The van der Waals surface area contributed by atoms with Gasteiger partial charge in [0.1, 0.15) is 40.2 Å². The van der Waals surface area contributed by atoms with Gasteiger partial charge in [-0.25, -0.2) is 4.79 Å². The van der Waals surface area contributed by atoms with E-state index in [2.05, 4.69) is 102 Å². The van der Waals surface area contributed by atoms with E-state index >= 15 is 0 Å². The van der Waals surface area contributed by atoms with Gasteiger partial charge in [0, 0.05) is 43.1 Å². The van der Waals surface area contributed by atoms with Crippen molar-refractivity contribution < 1.29 is 74.9 Å². The molecule has 7 aromatic rings. The predicted molar refractivity (Wildman–Crippen MR) is 411 cm³/mol. The number of unbranched alkanes of at least 4 members (excludes halogenated alkanes) is 3. The fourth-order valence-corrected chi connectivity index (χ4v) is 13.1. The van der Waals surface area contributed by atoms with E-state index in [9.17, 15) is 27.6 Å². The molecule has 2 unspecified atom stereocenters. The highest BCUT2D eigenvalue weighted by molar-refractivity contribution is 7.80. The average molecular weight is 1460 g/mol. The van der Waals surface area contributed by atoms with E-state index in [4.69, 9.17) is 54.8 Å². The molecule has 18 heteroatoms. The summed E-state index contributed by atoms with van der Waals surface area (Å²) in [7, 11) is 1.64. The van der Waals surface area contributed by atoms with Gasteiger partial charge in [-0.3, -0.25) is 9.59 Å². The van der Waals surface area contributed by atoms with Crippen molar-refractivity contribution in [3.8, 4) is 34.1 Å². The lowest BCUT2D eigenvalue weighted by Gasteiger charge is -2.40. The molecule has 2 aliphatic rings. The third-order valence-electron chi connectivity index (χ3n) is 19.5. The second kappa shape index (κ2) is 43.0. The molecular weight excluding hydrogens is 1360 g/mol. The SMILES string of the molecule is C=C(C(=O)OCCOCCCC(CCOC(=O)C1CCC(C(=O)OCCc2ccc(OCCCC(CCCOc3ccc(OCCCCCCOCC4(CC)COC4)cc3)c3ccc(/C=C/C=C/c4ccccc4)cc3)cc2)CC1)NC(=S)c1ccc2cc(-c3ccc(OC)cc3)ccc2c1)C(F)(F)F. The molecule has 7 aromatic carbocycles. The molecule has 14 nitrogen and oxygen atoms in total. The van der Waals surface area contributed by atoms with Crippen LogP contribution in [0.2, 0.25) is 0 Å². The number of carbonyl (C=O) groups is 3. The summed E-state index contributed by atoms with van der Waals surface area (Å²) in [5, 5.41) is 5.50. The van der Waals surface area contributed by atoms with Crippen molar-refractivity contribution in [2.45, 2.75) is 134 Å². The summed E-state index contributed by atoms with van der Waals surface area (Å²) in [6, 6.07) is 54.9. The maximum absolute atomic E-state index is 13.5. The number of thiocarbonyl (C=S) groups is 1. The Morgan fingerprint density at radius 3 is 1.70 bits per heavy atom. The van der Waals surface area contributed by atoms with E-state index in [1.807, 2.05) is 109 Å². The number of rotatable bonds is 45. The van der Waals surface area contributed by atoms with Gasteiger partial charge in [-0.2, -0.15) is 13.2 Å². The summed E-state index contributed by atoms with van der Waals surface area (Å²) in [5.41, 5.74) is 6.21. The highest BCUT2D eigenvalue weighted by Crippen LogP contribution is 2.34. The standard InChI is InChI=1S/C87H102F3NO13S/c1-4-86(62-98-63-86)61-97-50-12-5-6-13-52-99-80-44-46-81(47-45-80)101-54-15-22-68(69-28-24-66(25-29-69)20-11-10-19-65-17-8-7-9-18-65)21-14-53-100-79-40-26-67(27-41-79)48-55-102-84(93)71-30-32-72(33-31-71)85(94)103-56-49-77(23-16-51-96-57-58-104-83(92)64(2)87(88,89)90)91-82(105)76-37-36-74-59-73(34-35-75(74)60-76)70-38-42-78(95-3)43-39-70/h7-11,17-20,24-29,34-47,59-60,68,71-72,77H,2,4-6,12-16,21-23,30-33,48-58,61-63H2,1,3H3,(H,91,105)/b19-10+,20-11+. The van der Waals surface area contributed by atoms with Crippen molar-refractivity contribution >= 4 is 58.0 Å². The number of hydrogen-bond donors (Lipinski definition) is 1. The van der Waals surface area contributed by atoms with Gasteiger partial charge in [-0.1, -0.05) is 160 Å². The zero-order valence-corrected chi connectivity index (χ0v) is 61.6. The molecule has 2 fully saturated rings. The van der Waals surface area contributed by atoms with E-state index in [-0.39, 0.29) is 68.3 Å². The summed E-state index contributed by atoms with van der Waals surface area (Å²) in [5.74, 6) is 0.788. The molecule has 1 saturated heterocycles. The minimum absolute atomic E-state index is 0.104. The second-order valence-corrected chi connectivity index (χ2v) is 27.6. The van der Waals surface area contributed by atoms with E-state index in [0.29, 0.717) is 82.1 Å². The van der Waals surface area contributed by atoms with E-state index < -0.39 is 17.7 Å². The molecule has 105 heavy (non-hydrogen) atoms. The smallest absolute Gasteiger partial charge is 0.422 e. The lowest BCUT2D eigenvalue weighted by atomic mass is 9.82. The summed E-state index contributed by atoms with van der Waals surface area (Å²) < 4.78 is 95.7. The monoisotopic (exact) mass is 1460 g/mol. The number of methoxy groups -OCH3 is 1. The van der Waals surface area contributed by atoms with Gasteiger partial charge in [0.05, 0.1) is 78.4 Å². The number of fused-ring (bicyclic) bond motifs is 1. The molecule has 0 spiro atoms. The molecule has 0 bridgehead atoms. The Balaban J connectivity index is 0.668. The summed E-state index contributed by atoms with van der Waals surface area (Å²) in [6.07, 6.45) is 16.7. The first-order valence-corrected chi connectivity index (χ1v) is 37.6. The largest absolute Gasteiger partial charge is 0.497 e. The normalized spacial score (nSPS) is 15.5. The van der Waals surface area contributed by atoms with Crippen molar-refractivity contribution in [2.75, 3.05) is 86.4 Å². The minimum atomic E-state index is -4.88. The molecule has 2 atom stereocenters. The number of allylic oxidation sites excluding steroid dienone is 2. The van der Waals surface area contributed by atoms with Gasteiger partial charge in [-0.15, -0.1) is 0 Å². The van der Waals surface area contributed by atoms with Crippen LogP contribution in [0.5, 0.6) is 23.0 Å². The molecule has 0 radical (unpaired) electrons. The maximum Gasteiger partial charge on any atom is 0.422 e. The molecular formula is C87H102F3NO13S. The fraction of sp³-hybridized carbons (Fsp3) is 0.425. The van der Waals surface area contributed by atoms with Crippen LogP contribution in [0.25, 0.3) is 34.1 Å². The van der Waals surface area contributed by atoms with Gasteiger partial charge < -0.3 is 52.7 Å². The van der Waals surface area contributed by atoms with Gasteiger partial charge in [0.25, 0.3) is 0 Å². The molecule has 560 valence electrons. The highest BCUT2D eigenvalue weighted by Gasteiger charge is 2.39. The molecule has 0 amide bonds. The first-order chi connectivity index (χ1) is 51.1. The van der Waals surface area contributed by atoms with Crippen LogP contribution in [-0.4, -0.2) is 122 Å². The Morgan fingerprint density at radius 2 is 1.10 bits per heavy atom. The Hall–Kier alpha value is -8.81. The number of nitrogens with one attached hydrogen (secondary N) is 1. The van der Waals surface area contributed by atoms with Crippen LogP contribution in [0.4, 0.5) is 13.2 Å². The number of ether oxygens (including phenoxy) is 10. The van der Waals surface area contributed by atoms with Crippen LogP contribution >= 0.6 is 12.2 Å². The Bertz CT molecular complexity index is 3850. The van der Waals surface area contributed by atoms with E-state index in [1.165, 1.54) is 5.56 Å². The summed E-state index contributed by atoms with van der Waals surface area (Å²) in [4.78, 5) is 39.0. The maximum atomic E-state index is 13.5. The van der Waals surface area contributed by atoms with Crippen molar-refractivity contribution in [1.82, 2.24) is 5.32 Å². The van der Waals surface area contributed by atoms with Crippen LogP contribution in [0.3, 0.4) is 0 Å². The molecule has 1 aliphatic carbocycles. The number of carbonyl (C=O) groups excluding carboxylic acids is 3. The second-order valence-electron chi connectivity index (χ2n) is 27.2.